The van der Waals surface area contributed by atoms with Crippen LogP contribution in [0.15, 0.2) is 27.0 Å². The van der Waals surface area contributed by atoms with Crippen molar-refractivity contribution in [2.45, 2.75) is 30.8 Å². The Morgan fingerprint density at radius 2 is 1.97 bits per heavy atom. The molecule has 0 unspecified atom stereocenters. The normalized spacial score (nSPS) is 13.7. The molecule has 2 aromatic rings. The van der Waals surface area contributed by atoms with Gasteiger partial charge in [0.15, 0.2) is 6.61 Å². The molecule has 1 amide bonds. The smallest absolute Gasteiger partial charge is 0.374 e. The van der Waals surface area contributed by atoms with Crippen LogP contribution in [0.1, 0.15) is 52.2 Å². The number of anilines is 1. The van der Waals surface area contributed by atoms with Crippen LogP contribution in [-0.4, -0.2) is 39.5 Å². The molecule has 12 heteroatoms. The second-order valence-electron chi connectivity index (χ2n) is 6.18. The summed E-state index contributed by atoms with van der Waals surface area (Å²) in [5.41, 5.74) is 1.16. The van der Waals surface area contributed by atoms with Crippen molar-refractivity contribution in [2.24, 2.45) is 5.14 Å². The minimum absolute atomic E-state index is 0.202. The van der Waals surface area contributed by atoms with Gasteiger partial charge in [-0.3, -0.25) is 4.79 Å². The Hall–Kier alpha value is -2.70. The van der Waals surface area contributed by atoms with E-state index in [1.807, 2.05) is 5.38 Å². The van der Waals surface area contributed by atoms with Crippen molar-refractivity contribution in [3.05, 3.63) is 34.4 Å². The van der Waals surface area contributed by atoms with Gasteiger partial charge >= 0.3 is 11.9 Å². The van der Waals surface area contributed by atoms with E-state index in [0.29, 0.717) is 10.6 Å². The van der Waals surface area contributed by atoms with Crippen molar-refractivity contribution in [1.29, 1.82) is 0 Å². The van der Waals surface area contributed by atoms with Gasteiger partial charge in [0.05, 0.1) is 12.2 Å². The summed E-state index contributed by atoms with van der Waals surface area (Å²) < 4.78 is 37.0. The molecular formula is C17H18N2O8S2. The van der Waals surface area contributed by atoms with E-state index in [0.717, 1.165) is 30.5 Å². The van der Waals surface area contributed by atoms with E-state index in [-0.39, 0.29) is 12.5 Å². The zero-order valence-corrected chi connectivity index (χ0v) is 16.9. The number of furan rings is 1. The largest absolute Gasteiger partial charge is 0.462 e. The van der Waals surface area contributed by atoms with Gasteiger partial charge in [0.25, 0.3) is 15.9 Å². The molecule has 0 atom stereocenters. The topological polar surface area (TPSA) is 155 Å². The number of carbonyl (C=O) groups is 3. The summed E-state index contributed by atoms with van der Waals surface area (Å²) in [6, 6.07) is 2.07. The van der Waals surface area contributed by atoms with E-state index < -0.39 is 45.3 Å². The number of carbonyl (C=O) groups excluding carboxylic acids is 3. The maximum absolute atomic E-state index is 12.3. The van der Waals surface area contributed by atoms with E-state index >= 15 is 0 Å². The van der Waals surface area contributed by atoms with Gasteiger partial charge in [-0.25, -0.2) is 23.1 Å². The number of nitrogens with two attached hydrogens (primary N) is 1. The molecule has 1 saturated carbocycles. The molecule has 0 aliphatic heterocycles. The van der Waals surface area contributed by atoms with E-state index in [4.69, 9.17) is 19.0 Å². The molecule has 0 spiro atoms. The van der Waals surface area contributed by atoms with E-state index in [1.54, 1.807) is 6.92 Å². The van der Waals surface area contributed by atoms with Gasteiger partial charge in [-0.05, 0) is 48.8 Å². The molecule has 0 aromatic carbocycles. The molecule has 156 valence electrons. The maximum Gasteiger partial charge on any atom is 0.374 e. The number of rotatable bonds is 8. The first kappa shape index (κ1) is 21.0. The van der Waals surface area contributed by atoms with Crippen molar-refractivity contribution in [3.63, 3.8) is 0 Å². The van der Waals surface area contributed by atoms with Crippen molar-refractivity contribution >= 4 is 44.2 Å². The van der Waals surface area contributed by atoms with Crippen LogP contribution in [0.2, 0.25) is 0 Å². The van der Waals surface area contributed by atoms with Crippen molar-refractivity contribution < 1.29 is 36.7 Å². The molecule has 0 bridgehead atoms. The van der Waals surface area contributed by atoms with E-state index in [2.05, 4.69) is 5.32 Å². The zero-order valence-electron chi connectivity index (χ0n) is 15.3. The first-order chi connectivity index (χ1) is 13.7. The summed E-state index contributed by atoms with van der Waals surface area (Å²) in [5.74, 6) is -2.37. The monoisotopic (exact) mass is 442 g/mol. The van der Waals surface area contributed by atoms with Gasteiger partial charge in [-0.1, -0.05) is 0 Å². The standard InChI is InChI=1S/C17H18N2O8S2/c1-2-25-17(22)14-10(9-3-4-9)8-28-15(14)19-12(20)7-26-16(21)11-5-6-13(27-11)29(18,23)24/h5-6,8-9H,2-4,7H2,1H3,(H,19,20)(H2,18,23,24). The quantitative estimate of drug-likeness (QED) is 0.587. The average molecular weight is 442 g/mol. The van der Waals surface area contributed by atoms with Crippen LogP contribution in [-0.2, 0) is 24.3 Å². The molecule has 3 rings (SSSR count). The number of nitrogens with one attached hydrogen (secondary N) is 1. The Labute approximate surface area is 170 Å². The first-order valence-electron chi connectivity index (χ1n) is 8.58. The number of sulfonamides is 1. The van der Waals surface area contributed by atoms with Crippen molar-refractivity contribution in [2.75, 3.05) is 18.5 Å². The molecule has 2 aromatic heterocycles. The number of hydrogen-bond donors (Lipinski definition) is 2. The Morgan fingerprint density at radius 1 is 1.24 bits per heavy atom. The number of primary sulfonamides is 1. The van der Waals surface area contributed by atoms with Crippen LogP contribution in [0.4, 0.5) is 5.00 Å². The molecule has 10 nitrogen and oxygen atoms in total. The molecule has 3 N–H and O–H groups in total. The van der Waals surface area contributed by atoms with Crippen LogP contribution in [0, 0.1) is 0 Å². The van der Waals surface area contributed by atoms with Gasteiger partial charge in [0, 0.05) is 0 Å². The molecule has 1 fully saturated rings. The third kappa shape index (κ3) is 5.02. The van der Waals surface area contributed by atoms with Crippen molar-refractivity contribution in [3.8, 4) is 0 Å². The van der Waals surface area contributed by atoms with Gasteiger partial charge in [-0.15, -0.1) is 11.3 Å². The first-order valence-corrected chi connectivity index (χ1v) is 11.0. The molecule has 1 aliphatic carbocycles. The number of thiophene rings is 1. The van der Waals surface area contributed by atoms with Gasteiger partial charge in [0.2, 0.25) is 10.9 Å². The highest BCUT2D eigenvalue weighted by Crippen LogP contribution is 2.46. The third-order valence-electron chi connectivity index (χ3n) is 3.97. The number of amides is 1. The molecule has 2 heterocycles. The minimum atomic E-state index is -4.10. The van der Waals surface area contributed by atoms with Crippen LogP contribution in [0.25, 0.3) is 0 Å². The number of hydrogen-bond acceptors (Lipinski definition) is 9. The fourth-order valence-electron chi connectivity index (χ4n) is 2.52. The lowest BCUT2D eigenvalue weighted by Crippen LogP contribution is -2.21. The SMILES string of the molecule is CCOC(=O)c1c(C2CC2)csc1NC(=O)COC(=O)c1ccc(S(N)(=O)=O)o1. The lowest BCUT2D eigenvalue weighted by molar-refractivity contribution is -0.119. The molecule has 0 saturated heterocycles. The Kier molecular flexibility index (Phi) is 6.05. The predicted molar refractivity (Wildman–Crippen MR) is 101 cm³/mol. The Balaban J connectivity index is 1.63. The highest BCUT2D eigenvalue weighted by molar-refractivity contribution is 7.89. The Morgan fingerprint density at radius 3 is 2.55 bits per heavy atom. The summed E-state index contributed by atoms with van der Waals surface area (Å²) in [7, 11) is -4.10. The summed E-state index contributed by atoms with van der Waals surface area (Å²) in [5, 5.41) is 8.97. The van der Waals surface area contributed by atoms with Crippen LogP contribution in [0.5, 0.6) is 0 Å². The molecule has 29 heavy (non-hydrogen) atoms. The van der Waals surface area contributed by atoms with Gasteiger partial charge < -0.3 is 19.2 Å². The van der Waals surface area contributed by atoms with Gasteiger partial charge in [-0.2, -0.15) is 0 Å². The lowest BCUT2D eigenvalue weighted by atomic mass is 10.1. The zero-order chi connectivity index (χ0) is 21.2. The predicted octanol–water partition coefficient (Wildman–Crippen LogP) is 1.84. The lowest BCUT2D eigenvalue weighted by Gasteiger charge is -2.08. The summed E-state index contributed by atoms with van der Waals surface area (Å²) in [4.78, 5) is 36.3. The van der Waals surface area contributed by atoms with Crippen molar-refractivity contribution in [1.82, 2.24) is 0 Å². The van der Waals surface area contributed by atoms with Crippen LogP contribution >= 0.6 is 11.3 Å². The van der Waals surface area contributed by atoms with Crippen LogP contribution in [0.3, 0.4) is 0 Å². The number of ether oxygens (including phenoxy) is 2. The maximum atomic E-state index is 12.3. The summed E-state index contributed by atoms with van der Waals surface area (Å²) >= 11 is 1.19. The second-order valence-corrected chi connectivity index (χ2v) is 8.55. The highest BCUT2D eigenvalue weighted by Gasteiger charge is 2.32. The average Bonchev–Trinajstić information content (AvgIpc) is 3.20. The summed E-state index contributed by atoms with van der Waals surface area (Å²) in [6.45, 7) is 1.23. The van der Waals surface area contributed by atoms with Crippen LogP contribution < -0.4 is 10.5 Å². The molecule has 0 radical (unpaired) electrons. The summed E-state index contributed by atoms with van der Waals surface area (Å²) in [6.07, 6.45) is 1.94. The number of esters is 2. The van der Waals surface area contributed by atoms with E-state index in [9.17, 15) is 22.8 Å². The fourth-order valence-corrected chi connectivity index (χ4v) is 4.03. The Bertz CT molecular complexity index is 1050. The highest BCUT2D eigenvalue weighted by atomic mass is 32.2. The second kappa shape index (κ2) is 8.35. The molecular weight excluding hydrogens is 424 g/mol. The van der Waals surface area contributed by atoms with Gasteiger partial charge in [0.1, 0.15) is 5.00 Å². The molecule has 1 aliphatic rings. The fraction of sp³-hybridized carbons (Fsp3) is 0.353. The van der Waals surface area contributed by atoms with E-state index in [1.165, 1.54) is 11.3 Å². The third-order valence-corrected chi connectivity index (χ3v) is 5.66. The minimum Gasteiger partial charge on any atom is -0.462 e.